The second-order valence-electron chi connectivity index (χ2n) is 4.00. The molecule has 1 rings (SSSR count). The summed E-state index contributed by atoms with van der Waals surface area (Å²) >= 11 is 7.84. The molecule has 100 valence electrons. The Balaban J connectivity index is 2.90. The molecular formula is C13H17ClINO2. The first-order valence-electron chi connectivity index (χ1n) is 5.94. The number of rotatable bonds is 6. The first-order valence-corrected chi connectivity index (χ1v) is 7.55. The van der Waals surface area contributed by atoms with Gasteiger partial charge in [-0.15, -0.1) is 11.6 Å². The van der Waals surface area contributed by atoms with Crippen LogP contribution in [0.1, 0.15) is 30.1 Å². The number of unbranched alkanes of at least 4 members (excludes halogenated alkanes) is 1. The van der Waals surface area contributed by atoms with E-state index in [4.69, 9.17) is 11.6 Å². The van der Waals surface area contributed by atoms with Gasteiger partial charge in [0.25, 0.3) is 5.91 Å². The number of amides is 1. The summed E-state index contributed by atoms with van der Waals surface area (Å²) in [6, 6.07) is 5.02. The number of alkyl halides is 1. The number of nitrogens with zero attached hydrogens (tertiary/aromatic N) is 1. The Kier molecular flexibility index (Phi) is 6.78. The average Bonchev–Trinajstić information content (AvgIpc) is 2.36. The molecule has 18 heavy (non-hydrogen) atoms. The third-order valence-electron chi connectivity index (χ3n) is 2.61. The van der Waals surface area contributed by atoms with Crippen molar-refractivity contribution in [3.63, 3.8) is 0 Å². The van der Waals surface area contributed by atoms with E-state index in [1.807, 2.05) is 0 Å². The molecule has 1 aromatic rings. The summed E-state index contributed by atoms with van der Waals surface area (Å²) in [5.41, 5.74) is 0.350. The molecule has 0 unspecified atom stereocenters. The van der Waals surface area contributed by atoms with E-state index in [0.29, 0.717) is 24.5 Å². The maximum Gasteiger partial charge on any atom is 0.257 e. The van der Waals surface area contributed by atoms with Gasteiger partial charge in [0, 0.05) is 22.5 Å². The lowest BCUT2D eigenvalue weighted by molar-refractivity contribution is 0.0760. The highest BCUT2D eigenvalue weighted by Gasteiger charge is 2.18. The van der Waals surface area contributed by atoms with Gasteiger partial charge in [0.1, 0.15) is 5.75 Å². The zero-order valence-corrected chi connectivity index (χ0v) is 13.2. The van der Waals surface area contributed by atoms with Crippen molar-refractivity contribution in [1.82, 2.24) is 4.90 Å². The van der Waals surface area contributed by atoms with Gasteiger partial charge in [0.2, 0.25) is 0 Å². The zero-order valence-electron chi connectivity index (χ0n) is 10.3. The van der Waals surface area contributed by atoms with Crippen LogP contribution >= 0.6 is 34.2 Å². The molecule has 0 saturated carbocycles. The summed E-state index contributed by atoms with van der Waals surface area (Å²) in [4.78, 5) is 14.0. The topological polar surface area (TPSA) is 40.5 Å². The van der Waals surface area contributed by atoms with Crippen molar-refractivity contribution >= 4 is 40.1 Å². The van der Waals surface area contributed by atoms with Gasteiger partial charge in [-0.05, 0) is 47.2 Å². The quantitative estimate of drug-likeness (QED) is 0.605. The molecule has 5 heteroatoms. The number of carbonyl (C=O) groups is 1. The van der Waals surface area contributed by atoms with Crippen LogP contribution in [0.4, 0.5) is 0 Å². The molecule has 1 N–H and O–H groups in total. The van der Waals surface area contributed by atoms with Crippen LogP contribution in [0.5, 0.6) is 5.75 Å². The molecule has 0 fully saturated rings. The third-order valence-corrected chi connectivity index (χ3v) is 3.45. The van der Waals surface area contributed by atoms with Gasteiger partial charge < -0.3 is 10.0 Å². The van der Waals surface area contributed by atoms with Crippen LogP contribution < -0.4 is 0 Å². The summed E-state index contributed by atoms with van der Waals surface area (Å²) in [6.07, 6.45) is 1.96. The summed E-state index contributed by atoms with van der Waals surface area (Å²) in [7, 11) is 0. The Morgan fingerprint density at radius 3 is 2.78 bits per heavy atom. The first-order chi connectivity index (χ1) is 8.60. The highest BCUT2D eigenvalue weighted by molar-refractivity contribution is 14.1. The van der Waals surface area contributed by atoms with Gasteiger partial charge in [-0.3, -0.25) is 4.79 Å². The van der Waals surface area contributed by atoms with Crippen molar-refractivity contribution < 1.29 is 9.90 Å². The molecule has 1 amide bonds. The SMILES string of the molecule is CCCCN(CCCl)C(=O)c1cc(I)ccc1O. The maximum atomic E-state index is 12.3. The largest absolute Gasteiger partial charge is 0.507 e. The Bertz CT molecular complexity index is 412. The zero-order chi connectivity index (χ0) is 13.5. The summed E-state index contributed by atoms with van der Waals surface area (Å²) in [5.74, 6) is 0.275. The molecule has 0 spiro atoms. The molecule has 3 nitrogen and oxygen atoms in total. The minimum Gasteiger partial charge on any atom is -0.507 e. The van der Waals surface area contributed by atoms with Gasteiger partial charge >= 0.3 is 0 Å². The summed E-state index contributed by atoms with van der Waals surface area (Å²) in [5, 5.41) is 9.76. The Morgan fingerprint density at radius 1 is 1.44 bits per heavy atom. The smallest absolute Gasteiger partial charge is 0.257 e. The van der Waals surface area contributed by atoms with E-state index in [1.54, 1.807) is 23.1 Å². The van der Waals surface area contributed by atoms with Crippen LogP contribution in [0.2, 0.25) is 0 Å². The number of hydrogen-bond donors (Lipinski definition) is 1. The second kappa shape index (κ2) is 7.84. The van der Waals surface area contributed by atoms with Crippen molar-refractivity contribution in [2.45, 2.75) is 19.8 Å². The van der Waals surface area contributed by atoms with Gasteiger partial charge in [0.05, 0.1) is 5.56 Å². The van der Waals surface area contributed by atoms with E-state index < -0.39 is 0 Å². The molecule has 0 aromatic heterocycles. The van der Waals surface area contributed by atoms with Crippen LogP contribution in [0.3, 0.4) is 0 Å². The van der Waals surface area contributed by atoms with Crippen molar-refractivity contribution in [2.24, 2.45) is 0 Å². The molecule has 0 aliphatic heterocycles. The Hall–Kier alpha value is -0.490. The summed E-state index contributed by atoms with van der Waals surface area (Å²) < 4.78 is 0.926. The van der Waals surface area contributed by atoms with Crippen LogP contribution in [0.15, 0.2) is 18.2 Å². The normalized spacial score (nSPS) is 10.4. The van der Waals surface area contributed by atoms with Crippen molar-refractivity contribution in [3.05, 3.63) is 27.3 Å². The number of halogens is 2. The molecule has 0 bridgehead atoms. The van der Waals surface area contributed by atoms with Crippen molar-refractivity contribution in [3.8, 4) is 5.75 Å². The minimum absolute atomic E-state index is 0.0245. The predicted molar refractivity (Wildman–Crippen MR) is 82.4 cm³/mol. The Labute approximate surface area is 126 Å². The van der Waals surface area contributed by atoms with E-state index in [-0.39, 0.29) is 11.7 Å². The van der Waals surface area contributed by atoms with E-state index in [9.17, 15) is 9.90 Å². The molecule has 0 heterocycles. The number of hydrogen-bond acceptors (Lipinski definition) is 2. The number of benzene rings is 1. The maximum absolute atomic E-state index is 12.3. The van der Waals surface area contributed by atoms with Crippen LogP contribution in [0, 0.1) is 3.57 Å². The number of aromatic hydroxyl groups is 1. The molecule has 0 atom stereocenters. The highest BCUT2D eigenvalue weighted by Crippen LogP contribution is 2.21. The average molecular weight is 382 g/mol. The third kappa shape index (κ3) is 4.31. The first kappa shape index (κ1) is 15.6. The second-order valence-corrected chi connectivity index (χ2v) is 5.62. The van der Waals surface area contributed by atoms with Gasteiger partial charge in [0.15, 0.2) is 0 Å². The van der Waals surface area contributed by atoms with Crippen molar-refractivity contribution in [1.29, 1.82) is 0 Å². The molecule has 0 saturated heterocycles. The monoisotopic (exact) mass is 381 g/mol. The minimum atomic E-state index is -0.153. The molecule has 0 aliphatic rings. The number of phenolic OH excluding ortho intramolecular Hbond substituents is 1. The highest BCUT2D eigenvalue weighted by atomic mass is 127. The van der Waals surface area contributed by atoms with E-state index >= 15 is 0 Å². The standard InChI is InChI=1S/C13H17ClINO2/c1-2-3-7-16(8-6-14)13(18)11-9-10(15)4-5-12(11)17/h4-5,9,17H,2-3,6-8H2,1H3. The van der Waals surface area contributed by atoms with E-state index in [2.05, 4.69) is 29.5 Å². The van der Waals surface area contributed by atoms with E-state index in [0.717, 1.165) is 16.4 Å². The van der Waals surface area contributed by atoms with Crippen LogP contribution in [0.25, 0.3) is 0 Å². The van der Waals surface area contributed by atoms with Gasteiger partial charge in [-0.2, -0.15) is 0 Å². The fourth-order valence-electron chi connectivity index (χ4n) is 1.62. The lowest BCUT2D eigenvalue weighted by Crippen LogP contribution is -2.33. The summed E-state index contributed by atoms with van der Waals surface area (Å²) in [6.45, 7) is 3.25. The van der Waals surface area contributed by atoms with Crippen LogP contribution in [-0.2, 0) is 0 Å². The fraction of sp³-hybridized carbons (Fsp3) is 0.462. The molecular weight excluding hydrogens is 365 g/mol. The molecule has 0 radical (unpaired) electrons. The lowest BCUT2D eigenvalue weighted by atomic mass is 10.1. The van der Waals surface area contributed by atoms with E-state index in [1.165, 1.54) is 0 Å². The van der Waals surface area contributed by atoms with Gasteiger partial charge in [-0.25, -0.2) is 0 Å². The molecule has 0 aliphatic carbocycles. The number of carbonyl (C=O) groups excluding carboxylic acids is 1. The van der Waals surface area contributed by atoms with Gasteiger partial charge in [-0.1, -0.05) is 13.3 Å². The molecule has 1 aromatic carbocycles. The van der Waals surface area contributed by atoms with Crippen molar-refractivity contribution in [2.75, 3.05) is 19.0 Å². The van der Waals surface area contributed by atoms with Crippen LogP contribution in [-0.4, -0.2) is 34.9 Å². The lowest BCUT2D eigenvalue weighted by Gasteiger charge is -2.22. The predicted octanol–water partition coefficient (Wildman–Crippen LogP) is 3.48. The fourth-order valence-corrected chi connectivity index (χ4v) is 2.31. The Morgan fingerprint density at radius 2 is 2.17 bits per heavy atom. The number of phenols is 1.